The number of nitrogen functional groups attached to an aromatic ring is 1. The number of fused-ring (bicyclic) bond motifs is 1. The highest BCUT2D eigenvalue weighted by atomic mass is 16.5. The van der Waals surface area contributed by atoms with Crippen LogP contribution in [0.15, 0.2) is 30.7 Å². The second-order valence-electron chi connectivity index (χ2n) is 5.12. The summed E-state index contributed by atoms with van der Waals surface area (Å²) in [6.07, 6.45) is 5.14. The number of nitrogens with two attached hydrogens (primary N) is 1. The molecule has 1 aliphatic heterocycles. The summed E-state index contributed by atoms with van der Waals surface area (Å²) < 4.78 is 7.13. The van der Waals surface area contributed by atoms with Crippen LogP contribution in [0.5, 0.6) is 0 Å². The van der Waals surface area contributed by atoms with Crippen LogP contribution in [0.2, 0.25) is 0 Å². The van der Waals surface area contributed by atoms with E-state index in [1.807, 2.05) is 12.1 Å². The zero-order chi connectivity index (χ0) is 15.6. The van der Waals surface area contributed by atoms with Crippen molar-refractivity contribution in [2.75, 3.05) is 36.6 Å². The Morgan fingerprint density at radius 3 is 2.65 bits per heavy atom. The maximum atomic E-state index is 5.63. The van der Waals surface area contributed by atoms with Gasteiger partial charge in [-0.1, -0.05) is 0 Å². The van der Waals surface area contributed by atoms with Gasteiger partial charge in [-0.3, -0.25) is 4.98 Å². The molecule has 3 N–H and O–H groups in total. The van der Waals surface area contributed by atoms with Gasteiger partial charge in [0.1, 0.15) is 0 Å². The fraction of sp³-hybridized carbons (Fsp3) is 0.286. The first kappa shape index (κ1) is 13.9. The summed E-state index contributed by atoms with van der Waals surface area (Å²) in [4.78, 5) is 15.3. The molecule has 1 fully saturated rings. The van der Waals surface area contributed by atoms with Crippen LogP contribution in [-0.2, 0) is 4.74 Å². The SMILES string of the molecule is NNc1nc(N2CCOCC2)nc2c1cnn2-c1ccncc1. The number of hydrazine groups is 1. The number of ether oxygens (including phenoxy) is 1. The molecule has 9 heteroatoms. The predicted octanol–water partition coefficient (Wildman–Crippen LogP) is 0.333. The molecule has 1 aliphatic rings. The van der Waals surface area contributed by atoms with E-state index < -0.39 is 0 Å². The molecule has 0 aliphatic carbocycles. The number of rotatable bonds is 3. The van der Waals surface area contributed by atoms with Gasteiger partial charge in [-0.2, -0.15) is 15.1 Å². The third-order valence-corrected chi connectivity index (χ3v) is 3.75. The highest BCUT2D eigenvalue weighted by Gasteiger charge is 2.19. The van der Waals surface area contributed by atoms with Gasteiger partial charge >= 0.3 is 0 Å². The number of anilines is 2. The zero-order valence-corrected chi connectivity index (χ0v) is 12.4. The molecule has 9 nitrogen and oxygen atoms in total. The maximum Gasteiger partial charge on any atom is 0.229 e. The second-order valence-corrected chi connectivity index (χ2v) is 5.12. The van der Waals surface area contributed by atoms with Crippen LogP contribution in [0.3, 0.4) is 0 Å². The Hall–Kier alpha value is -2.78. The summed E-state index contributed by atoms with van der Waals surface area (Å²) in [5, 5.41) is 5.17. The standard InChI is InChI=1S/C14H16N8O/c15-20-12-11-9-17-22(10-1-3-16-4-2-10)13(11)19-14(18-12)21-5-7-23-8-6-21/h1-4,9H,5-8,15H2,(H,18,19,20). The number of hydrogen-bond donors (Lipinski definition) is 2. The highest BCUT2D eigenvalue weighted by Crippen LogP contribution is 2.25. The summed E-state index contributed by atoms with van der Waals surface area (Å²) in [5.41, 5.74) is 4.21. The summed E-state index contributed by atoms with van der Waals surface area (Å²) in [6.45, 7) is 2.82. The summed E-state index contributed by atoms with van der Waals surface area (Å²) in [7, 11) is 0. The Kier molecular flexibility index (Phi) is 3.48. The Bertz CT molecular complexity index is 812. The molecule has 23 heavy (non-hydrogen) atoms. The lowest BCUT2D eigenvalue weighted by Crippen LogP contribution is -2.37. The quantitative estimate of drug-likeness (QED) is 0.526. The Morgan fingerprint density at radius 2 is 1.91 bits per heavy atom. The number of hydrogen-bond acceptors (Lipinski definition) is 8. The molecular weight excluding hydrogens is 296 g/mol. The molecule has 0 saturated carbocycles. The van der Waals surface area contributed by atoms with E-state index in [0.29, 0.717) is 30.6 Å². The lowest BCUT2D eigenvalue weighted by molar-refractivity contribution is 0.122. The Balaban J connectivity index is 1.86. The van der Waals surface area contributed by atoms with Crippen molar-refractivity contribution in [2.45, 2.75) is 0 Å². The van der Waals surface area contributed by atoms with Crippen LogP contribution in [0.1, 0.15) is 0 Å². The Morgan fingerprint density at radius 1 is 1.13 bits per heavy atom. The molecule has 0 spiro atoms. The van der Waals surface area contributed by atoms with Gasteiger partial charge in [0.2, 0.25) is 5.95 Å². The smallest absolute Gasteiger partial charge is 0.229 e. The number of pyridine rings is 1. The van der Waals surface area contributed by atoms with Gasteiger partial charge < -0.3 is 15.1 Å². The zero-order valence-electron chi connectivity index (χ0n) is 12.4. The minimum atomic E-state index is 0.553. The summed E-state index contributed by atoms with van der Waals surface area (Å²) in [5.74, 6) is 6.80. The van der Waals surface area contributed by atoms with Crippen LogP contribution >= 0.6 is 0 Å². The van der Waals surface area contributed by atoms with Gasteiger partial charge in [-0.05, 0) is 12.1 Å². The van der Waals surface area contributed by atoms with Crippen molar-refractivity contribution < 1.29 is 4.74 Å². The van der Waals surface area contributed by atoms with Crippen molar-refractivity contribution in [2.24, 2.45) is 5.84 Å². The van der Waals surface area contributed by atoms with Crippen molar-refractivity contribution in [3.8, 4) is 5.69 Å². The third-order valence-electron chi connectivity index (χ3n) is 3.75. The maximum absolute atomic E-state index is 5.63. The number of morpholine rings is 1. The van der Waals surface area contributed by atoms with Crippen LogP contribution < -0.4 is 16.2 Å². The van der Waals surface area contributed by atoms with Crippen LogP contribution in [0, 0.1) is 0 Å². The van der Waals surface area contributed by atoms with E-state index in [-0.39, 0.29) is 0 Å². The average Bonchev–Trinajstić information content (AvgIpc) is 3.06. The number of nitrogens with zero attached hydrogens (tertiary/aromatic N) is 6. The van der Waals surface area contributed by atoms with Gasteiger partial charge in [0, 0.05) is 25.5 Å². The molecule has 0 aromatic carbocycles. The molecule has 4 rings (SSSR count). The monoisotopic (exact) mass is 312 g/mol. The topological polar surface area (TPSA) is 107 Å². The first-order valence-electron chi connectivity index (χ1n) is 7.32. The van der Waals surface area contributed by atoms with E-state index in [9.17, 15) is 0 Å². The first-order valence-corrected chi connectivity index (χ1v) is 7.32. The van der Waals surface area contributed by atoms with E-state index in [4.69, 9.17) is 10.6 Å². The van der Waals surface area contributed by atoms with Crippen molar-refractivity contribution >= 4 is 22.8 Å². The van der Waals surface area contributed by atoms with Gasteiger partial charge in [0.25, 0.3) is 0 Å². The molecule has 4 heterocycles. The lowest BCUT2D eigenvalue weighted by atomic mass is 10.3. The van der Waals surface area contributed by atoms with Crippen molar-refractivity contribution in [3.63, 3.8) is 0 Å². The van der Waals surface area contributed by atoms with Gasteiger partial charge in [0.15, 0.2) is 11.5 Å². The fourth-order valence-electron chi connectivity index (χ4n) is 2.59. The second kappa shape index (κ2) is 5.78. The van der Waals surface area contributed by atoms with Gasteiger partial charge in [-0.15, -0.1) is 0 Å². The third kappa shape index (κ3) is 2.45. The van der Waals surface area contributed by atoms with Gasteiger partial charge in [0.05, 0.1) is 30.5 Å². The summed E-state index contributed by atoms with van der Waals surface area (Å²) in [6, 6.07) is 3.75. The molecule has 3 aromatic rings. The van der Waals surface area contributed by atoms with E-state index in [0.717, 1.165) is 24.2 Å². The largest absolute Gasteiger partial charge is 0.378 e. The number of nitrogens with one attached hydrogen (secondary N) is 1. The number of aromatic nitrogens is 5. The average molecular weight is 312 g/mol. The summed E-state index contributed by atoms with van der Waals surface area (Å²) >= 11 is 0. The molecule has 0 amide bonds. The molecule has 1 saturated heterocycles. The fourth-order valence-corrected chi connectivity index (χ4v) is 2.59. The van der Waals surface area contributed by atoms with Gasteiger partial charge in [-0.25, -0.2) is 10.5 Å². The normalized spacial score (nSPS) is 15.1. The van der Waals surface area contributed by atoms with E-state index in [1.165, 1.54) is 0 Å². The van der Waals surface area contributed by atoms with Crippen molar-refractivity contribution in [3.05, 3.63) is 30.7 Å². The van der Waals surface area contributed by atoms with E-state index >= 15 is 0 Å². The van der Waals surface area contributed by atoms with Crippen molar-refractivity contribution in [1.29, 1.82) is 0 Å². The molecule has 0 bridgehead atoms. The van der Waals surface area contributed by atoms with Crippen LogP contribution in [0.4, 0.5) is 11.8 Å². The van der Waals surface area contributed by atoms with Crippen LogP contribution in [-0.4, -0.2) is 51.0 Å². The molecule has 0 radical (unpaired) electrons. The first-order chi connectivity index (χ1) is 11.4. The van der Waals surface area contributed by atoms with E-state index in [1.54, 1.807) is 23.3 Å². The highest BCUT2D eigenvalue weighted by molar-refractivity contribution is 5.88. The van der Waals surface area contributed by atoms with Crippen LogP contribution in [0.25, 0.3) is 16.7 Å². The molecule has 0 atom stereocenters. The minimum absolute atomic E-state index is 0.553. The van der Waals surface area contributed by atoms with E-state index in [2.05, 4.69) is 30.4 Å². The lowest BCUT2D eigenvalue weighted by Gasteiger charge is -2.27. The Labute approximate surface area is 132 Å². The predicted molar refractivity (Wildman–Crippen MR) is 85.3 cm³/mol. The molecular formula is C14H16N8O. The minimum Gasteiger partial charge on any atom is -0.378 e. The van der Waals surface area contributed by atoms with Crippen molar-refractivity contribution in [1.82, 2.24) is 24.7 Å². The molecule has 0 unspecified atom stereocenters. The molecule has 3 aromatic heterocycles. The molecule has 118 valence electrons.